The topological polar surface area (TPSA) is 60.8 Å². The minimum atomic E-state index is -1.92. The normalized spacial score (nSPS) is 18.7. The average Bonchev–Trinajstić information content (AvgIpc) is 2.67. The molecule has 0 aromatic heterocycles. The van der Waals surface area contributed by atoms with Crippen LogP contribution >= 0.6 is 0 Å². The van der Waals surface area contributed by atoms with Crippen LogP contribution in [0.25, 0.3) is 0 Å². The van der Waals surface area contributed by atoms with E-state index in [1.165, 1.54) is 0 Å². The summed E-state index contributed by atoms with van der Waals surface area (Å²) in [5.41, 5.74) is -0.781. The van der Waals surface area contributed by atoms with Crippen LogP contribution in [0.3, 0.4) is 0 Å². The number of likely N-dealkylation sites (N-methyl/N-ethyl adjacent to an activating group) is 1. The van der Waals surface area contributed by atoms with Crippen molar-refractivity contribution in [3.63, 3.8) is 0 Å². The molecule has 26 heavy (non-hydrogen) atoms. The standard InChI is InChI=1S/C22H31NO3/c1-4-7-13-18-14-9-10-15-19(18)21(16-11-8-12-17-21)22(26,20(24)25)23(5-2)6-3/h9-10,14-15,26H,5-6,8,11-13,16-17H2,1-3H3,(H,24,25). The van der Waals surface area contributed by atoms with Gasteiger partial charge in [-0.05, 0) is 44.0 Å². The number of aliphatic hydroxyl groups is 1. The molecule has 0 spiro atoms. The van der Waals surface area contributed by atoms with E-state index in [9.17, 15) is 15.0 Å². The van der Waals surface area contributed by atoms with E-state index in [2.05, 4.69) is 11.8 Å². The Morgan fingerprint density at radius 1 is 1.19 bits per heavy atom. The predicted molar refractivity (Wildman–Crippen MR) is 104 cm³/mol. The molecule has 0 bridgehead atoms. The number of aliphatic carboxylic acids is 1. The molecule has 2 rings (SSSR count). The number of nitrogens with zero attached hydrogens (tertiary/aromatic N) is 1. The van der Waals surface area contributed by atoms with Gasteiger partial charge >= 0.3 is 5.97 Å². The van der Waals surface area contributed by atoms with Gasteiger partial charge in [0.2, 0.25) is 5.72 Å². The lowest BCUT2D eigenvalue weighted by atomic mass is 9.61. The molecule has 1 aliphatic rings. The molecular formula is C22H31NO3. The second kappa shape index (κ2) is 8.70. The average molecular weight is 357 g/mol. The number of hydrogen-bond donors (Lipinski definition) is 2. The molecule has 1 aromatic rings. The van der Waals surface area contributed by atoms with Crippen LogP contribution in [0.5, 0.6) is 0 Å². The fourth-order valence-corrected chi connectivity index (χ4v) is 4.61. The molecule has 0 aliphatic heterocycles. The van der Waals surface area contributed by atoms with Crippen LogP contribution in [0.2, 0.25) is 0 Å². The SMILES string of the molecule is CC#CCc1ccccc1C1(C(O)(C(=O)O)N(CC)CC)CCCCC1. The van der Waals surface area contributed by atoms with Crippen molar-refractivity contribution in [1.82, 2.24) is 4.90 Å². The van der Waals surface area contributed by atoms with Crippen LogP contribution in [0.15, 0.2) is 24.3 Å². The number of benzene rings is 1. The fourth-order valence-electron chi connectivity index (χ4n) is 4.61. The monoisotopic (exact) mass is 357 g/mol. The number of carboxylic acids is 1. The fraction of sp³-hybridized carbons (Fsp3) is 0.591. The highest BCUT2D eigenvalue weighted by Gasteiger charge is 2.60. The third-order valence-electron chi connectivity index (χ3n) is 5.88. The molecule has 4 heteroatoms. The molecule has 0 heterocycles. The minimum absolute atomic E-state index is 0.484. The molecule has 1 saturated carbocycles. The zero-order valence-corrected chi connectivity index (χ0v) is 16.2. The van der Waals surface area contributed by atoms with Gasteiger partial charge in [-0.25, -0.2) is 4.79 Å². The predicted octanol–water partition coefficient (Wildman–Crippen LogP) is 3.57. The van der Waals surface area contributed by atoms with Gasteiger partial charge < -0.3 is 10.2 Å². The molecule has 1 unspecified atom stereocenters. The quantitative estimate of drug-likeness (QED) is 0.578. The summed E-state index contributed by atoms with van der Waals surface area (Å²) in [4.78, 5) is 14.2. The van der Waals surface area contributed by atoms with E-state index in [1.54, 1.807) is 4.90 Å². The van der Waals surface area contributed by atoms with E-state index in [-0.39, 0.29) is 0 Å². The van der Waals surface area contributed by atoms with Crippen molar-refractivity contribution >= 4 is 5.97 Å². The summed E-state index contributed by atoms with van der Waals surface area (Å²) in [7, 11) is 0. The van der Waals surface area contributed by atoms with Crippen LogP contribution in [0, 0.1) is 11.8 Å². The van der Waals surface area contributed by atoms with Crippen molar-refractivity contribution < 1.29 is 15.0 Å². The Hall–Kier alpha value is -1.83. The first-order valence-corrected chi connectivity index (χ1v) is 9.66. The van der Waals surface area contributed by atoms with Crippen molar-refractivity contribution in [2.24, 2.45) is 0 Å². The Bertz CT molecular complexity index is 678. The Balaban J connectivity index is 2.72. The Morgan fingerprint density at radius 3 is 2.35 bits per heavy atom. The van der Waals surface area contributed by atoms with Crippen molar-refractivity contribution in [3.8, 4) is 11.8 Å². The summed E-state index contributed by atoms with van der Waals surface area (Å²) in [6, 6.07) is 7.92. The molecule has 1 atom stereocenters. The maximum Gasteiger partial charge on any atom is 0.352 e. The number of hydrogen-bond acceptors (Lipinski definition) is 3. The maximum absolute atomic E-state index is 12.5. The lowest BCUT2D eigenvalue weighted by molar-refractivity contribution is -0.206. The van der Waals surface area contributed by atoms with Crippen molar-refractivity contribution in [1.29, 1.82) is 0 Å². The van der Waals surface area contributed by atoms with E-state index in [1.807, 2.05) is 45.0 Å². The van der Waals surface area contributed by atoms with Gasteiger partial charge in [0.1, 0.15) is 0 Å². The molecule has 1 aliphatic carbocycles. The largest absolute Gasteiger partial charge is 0.478 e. The Morgan fingerprint density at radius 2 is 1.81 bits per heavy atom. The summed E-state index contributed by atoms with van der Waals surface area (Å²) in [6.07, 6.45) is 4.83. The van der Waals surface area contributed by atoms with Crippen LogP contribution in [-0.2, 0) is 16.6 Å². The van der Waals surface area contributed by atoms with Crippen LogP contribution < -0.4 is 0 Å². The molecule has 4 nitrogen and oxygen atoms in total. The molecule has 0 radical (unpaired) electrons. The van der Waals surface area contributed by atoms with Gasteiger partial charge in [0, 0.05) is 11.8 Å². The highest BCUT2D eigenvalue weighted by atomic mass is 16.4. The molecule has 2 N–H and O–H groups in total. The summed E-state index contributed by atoms with van der Waals surface area (Å²) in [6.45, 7) is 6.59. The molecule has 0 saturated heterocycles. The van der Waals surface area contributed by atoms with E-state index in [0.717, 1.165) is 30.4 Å². The van der Waals surface area contributed by atoms with E-state index >= 15 is 0 Å². The smallest absolute Gasteiger partial charge is 0.352 e. The van der Waals surface area contributed by atoms with Gasteiger partial charge in [0.15, 0.2) is 0 Å². The first kappa shape index (κ1) is 20.5. The molecule has 1 aromatic carbocycles. The maximum atomic E-state index is 12.5. The third-order valence-corrected chi connectivity index (χ3v) is 5.88. The van der Waals surface area contributed by atoms with E-state index < -0.39 is 17.1 Å². The Kier molecular flexibility index (Phi) is 6.86. The highest BCUT2D eigenvalue weighted by Crippen LogP contribution is 2.50. The summed E-state index contributed by atoms with van der Waals surface area (Å²) in [5.74, 6) is 4.88. The summed E-state index contributed by atoms with van der Waals surface area (Å²) in [5, 5.41) is 21.9. The van der Waals surface area contributed by atoms with Gasteiger partial charge in [-0.2, -0.15) is 0 Å². The van der Waals surface area contributed by atoms with Crippen LogP contribution in [0.4, 0.5) is 0 Å². The second-order valence-electron chi connectivity index (χ2n) is 7.05. The van der Waals surface area contributed by atoms with Gasteiger partial charge in [-0.3, -0.25) is 4.90 Å². The lowest BCUT2D eigenvalue weighted by Crippen LogP contribution is -2.67. The zero-order chi connectivity index (χ0) is 19.2. The minimum Gasteiger partial charge on any atom is -0.478 e. The van der Waals surface area contributed by atoms with Gasteiger partial charge in [-0.15, -0.1) is 5.92 Å². The summed E-state index contributed by atoms with van der Waals surface area (Å²) < 4.78 is 0. The van der Waals surface area contributed by atoms with Crippen molar-refractivity contribution in [3.05, 3.63) is 35.4 Å². The van der Waals surface area contributed by atoms with Crippen molar-refractivity contribution in [2.45, 2.75) is 70.4 Å². The van der Waals surface area contributed by atoms with Crippen molar-refractivity contribution in [2.75, 3.05) is 13.1 Å². The molecular weight excluding hydrogens is 326 g/mol. The van der Waals surface area contributed by atoms with E-state index in [4.69, 9.17) is 0 Å². The van der Waals surface area contributed by atoms with Gasteiger partial charge in [-0.1, -0.05) is 63.3 Å². The number of rotatable bonds is 7. The van der Waals surface area contributed by atoms with Gasteiger partial charge in [0.05, 0.1) is 0 Å². The molecule has 1 fully saturated rings. The first-order chi connectivity index (χ1) is 12.5. The number of carboxylic acid groups (broad SMARTS) is 1. The molecule has 0 amide bonds. The lowest BCUT2D eigenvalue weighted by Gasteiger charge is -2.52. The zero-order valence-electron chi connectivity index (χ0n) is 16.2. The Labute approximate surface area is 157 Å². The first-order valence-electron chi connectivity index (χ1n) is 9.66. The highest BCUT2D eigenvalue weighted by molar-refractivity contribution is 5.80. The molecule has 142 valence electrons. The van der Waals surface area contributed by atoms with E-state index in [0.29, 0.717) is 32.4 Å². The number of carbonyl (C=O) groups is 1. The van der Waals surface area contributed by atoms with Crippen LogP contribution in [0.1, 0.15) is 64.0 Å². The van der Waals surface area contributed by atoms with Gasteiger partial charge in [0.25, 0.3) is 0 Å². The summed E-state index contributed by atoms with van der Waals surface area (Å²) >= 11 is 0. The third kappa shape index (κ3) is 3.39. The second-order valence-corrected chi connectivity index (χ2v) is 7.05. The van der Waals surface area contributed by atoms with Crippen LogP contribution in [-0.4, -0.2) is 39.9 Å².